The van der Waals surface area contributed by atoms with Gasteiger partial charge in [0.05, 0.1) is 0 Å². The lowest BCUT2D eigenvalue weighted by atomic mass is 10.1. The molecule has 0 amide bonds. The van der Waals surface area contributed by atoms with Crippen LogP contribution in [0.15, 0.2) is 29.2 Å². The molecule has 4 heteroatoms. The Morgan fingerprint density at radius 1 is 1.25 bits per heavy atom. The van der Waals surface area contributed by atoms with Gasteiger partial charge in [0.25, 0.3) is 0 Å². The number of rotatable bonds is 6. The van der Waals surface area contributed by atoms with E-state index in [0.29, 0.717) is 6.04 Å². The molecule has 1 saturated heterocycles. The molecule has 1 aromatic carbocycles. The predicted molar refractivity (Wildman–Crippen MR) is 88.6 cm³/mol. The summed E-state index contributed by atoms with van der Waals surface area (Å²) in [5, 5.41) is 3.40. The summed E-state index contributed by atoms with van der Waals surface area (Å²) >= 11 is 1.80. The summed E-state index contributed by atoms with van der Waals surface area (Å²) in [5.74, 6) is 0. The Hall–Kier alpha value is -0.550. The van der Waals surface area contributed by atoms with E-state index in [1.54, 1.807) is 11.8 Å². The number of likely N-dealkylation sites (N-methyl/N-ethyl adjacent to an activating group) is 1. The van der Waals surface area contributed by atoms with Crippen molar-refractivity contribution >= 4 is 11.8 Å². The minimum atomic E-state index is 0.480. The van der Waals surface area contributed by atoms with Crippen LogP contribution in [0.2, 0.25) is 0 Å². The molecular weight excluding hydrogens is 266 g/mol. The van der Waals surface area contributed by atoms with Gasteiger partial charge >= 0.3 is 0 Å². The third kappa shape index (κ3) is 4.48. The monoisotopic (exact) mass is 293 g/mol. The molecule has 1 fully saturated rings. The van der Waals surface area contributed by atoms with E-state index in [0.717, 1.165) is 19.6 Å². The third-order valence-corrected chi connectivity index (χ3v) is 4.98. The zero-order valence-corrected chi connectivity index (χ0v) is 13.7. The largest absolute Gasteiger partial charge is 0.314 e. The number of benzene rings is 1. The lowest BCUT2D eigenvalue weighted by Crippen LogP contribution is -2.46. The molecule has 112 valence electrons. The first-order valence-corrected chi connectivity index (χ1v) is 8.70. The molecule has 0 spiro atoms. The van der Waals surface area contributed by atoms with Gasteiger partial charge < -0.3 is 5.32 Å². The van der Waals surface area contributed by atoms with Crippen LogP contribution in [0.4, 0.5) is 0 Å². The summed E-state index contributed by atoms with van der Waals surface area (Å²) in [7, 11) is 2.23. The van der Waals surface area contributed by atoms with Gasteiger partial charge in [-0.15, -0.1) is 11.8 Å². The first kappa shape index (κ1) is 15.8. The van der Waals surface area contributed by atoms with Crippen molar-refractivity contribution < 1.29 is 0 Å². The van der Waals surface area contributed by atoms with Crippen LogP contribution in [0, 0.1) is 0 Å². The van der Waals surface area contributed by atoms with Crippen LogP contribution >= 0.6 is 11.8 Å². The highest BCUT2D eigenvalue weighted by Crippen LogP contribution is 2.22. The van der Waals surface area contributed by atoms with Crippen LogP contribution in [-0.2, 0) is 0 Å². The van der Waals surface area contributed by atoms with Crippen molar-refractivity contribution in [2.45, 2.75) is 17.9 Å². The van der Waals surface area contributed by atoms with Gasteiger partial charge in [0.1, 0.15) is 0 Å². The van der Waals surface area contributed by atoms with Crippen LogP contribution in [-0.4, -0.2) is 62.4 Å². The molecule has 0 radical (unpaired) electrons. The van der Waals surface area contributed by atoms with Crippen LogP contribution < -0.4 is 5.32 Å². The van der Waals surface area contributed by atoms with Crippen LogP contribution in [0.25, 0.3) is 0 Å². The maximum Gasteiger partial charge on any atom is 0.0317 e. The molecule has 20 heavy (non-hydrogen) atoms. The van der Waals surface area contributed by atoms with Crippen molar-refractivity contribution in [2.75, 3.05) is 52.6 Å². The van der Waals surface area contributed by atoms with E-state index < -0.39 is 0 Å². The Bertz CT molecular complexity index is 387. The maximum absolute atomic E-state index is 3.40. The van der Waals surface area contributed by atoms with E-state index in [1.165, 1.54) is 30.1 Å². The molecule has 0 saturated carbocycles. The molecule has 1 aliphatic rings. The number of hydrogen-bond acceptors (Lipinski definition) is 4. The molecule has 0 aromatic heterocycles. The average Bonchev–Trinajstić information content (AvgIpc) is 2.53. The third-order valence-electron chi connectivity index (χ3n) is 4.24. The highest BCUT2D eigenvalue weighted by Gasteiger charge is 2.14. The molecule has 1 unspecified atom stereocenters. The van der Waals surface area contributed by atoms with E-state index >= 15 is 0 Å². The Morgan fingerprint density at radius 2 is 1.90 bits per heavy atom. The van der Waals surface area contributed by atoms with Gasteiger partial charge in [0.2, 0.25) is 0 Å². The molecule has 1 atom stereocenters. The first-order valence-electron chi connectivity index (χ1n) is 7.48. The molecule has 1 aromatic rings. The van der Waals surface area contributed by atoms with E-state index in [4.69, 9.17) is 0 Å². The molecule has 1 aliphatic heterocycles. The Kier molecular flexibility index (Phi) is 6.36. The highest BCUT2D eigenvalue weighted by atomic mass is 32.2. The van der Waals surface area contributed by atoms with Crippen molar-refractivity contribution in [2.24, 2.45) is 0 Å². The number of hydrogen-bond donors (Lipinski definition) is 1. The summed E-state index contributed by atoms with van der Waals surface area (Å²) < 4.78 is 0. The second-order valence-corrected chi connectivity index (χ2v) is 6.40. The van der Waals surface area contributed by atoms with Gasteiger partial charge in [-0.1, -0.05) is 12.1 Å². The van der Waals surface area contributed by atoms with Crippen LogP contribution in [0.5, 0.6) is 0 Å². The smallest absolute Gasteiger partial charge is 0.0317 e. The maximum atomic E-state index is 3.40. The van der Waals surface area contributed by atoms with Gasteiger partial charge in [0, 0.05) is 50.2 Å². The number of thioether (sulfide) groups is 1. The summed E-state index contributed by atoms with van der Waals surface area (Å²) in [6.07, 6.45) is 2.12. The summed E-state index contributed by atoms with van der Waals surface area (Å²) in [5.41, 5.74) is 1.41. The fourth-order valence-electron chi connectivity index (χ4n) is 2.56. The number of nitrogens with one attached hydrogen (secondary N) is 1. The van der Waals surface area contributed by atoms with Gasteiger partial charge in [-0.25, -0.2) is 0 Å². The van der Waals surface area contributed by atoms with Crippen LogP contribution in [0.1, 0.15) is 18.5 Å². The normalized spacial score (nSPS) is 18.4. The molecule has 1 heterocycles. The average molecular weight is 293 g/mol. The van der Waals surface area contributed by atoms with E-state index in [9.17, 15) is 0 Å². The van der Waals surface area contributed by atoms with Gasteiger partial charge in [-0.2, -0.15) is 0 Å². The zero-order chi connectivity index (χ0) is 14.4. The fraction of sp³-hybridized carbons (Fsp3) is 0.625. The van der Waals surface area contributed by atoms with Gasteiger partial charge in [0.15, 0.2) is 0 Å². The van der Waals surface area contributed by atoms with Crippen molar-refractivity contribution in [1.82, 2.24) is 15.1 Å². The van der Waals surface area contributed by atoms with E-state index in [-0.39, 0.29) is 0 Å². The quantitative estimate of drug-likeness (QED) is 0.811. The Balaban J connectivity index is 1.82. The summed E-state index contributed by atoms with van der Waals surface area (Å²) in [4.78, 5) is 6.34. The van der Waals surface area contributed by atoms with E-state index in [2.05, 4.69) is 59.6 Å². The zero-order valence-electron chi connectivity index (χ0n) is 12.9. The van der Waals surface area contributed by atoms with Crippen molar-refractivity contribution in [3.05, 3.63) is 29.8 Å². The van der Waals surface area contributed by atoms with E-state index in [1.807, 2.05) is 0 Å². The standard InChI is InChI=1S/C16H27N3S/c1-14(15-4-6-16(20-3)7-5-15)18(2)12-13-19-10-8-17-9-11-19/h4-7,14,17H,8-13H2,1-3H3. The topological polar surface area (TPSA) is 18.5 Å². The molecule has 2 rings (SSSR count). The molecule has 3 nitrogen and oxygen atoms in total. The lowest BCUT2D eigenvalue weighted by Gasteiger charge is -2.31. The van der Waals surface area contributed by atoms with Gasteiger partial charge in [-0.05, 0) is 37.9 Å². The molecular formula is C16H27N3S. The van der Waals surface area contributed by atoms with Crippen LogP contribution in [0.3, 0.4) is 0 Å². The SMILES string of the molecule is CSc1ccc(C(C)N(C)CCN2CCNCC2)cc1. The highest BCUT2D eigenvalue weighted by molar-refractivity contribution is 7.98. The predicted octanol–water partition coefficient (Wildman–Crippen LogP) is 2.31. The molecule has 1 N–H and O–H groups in total. The van der Waals surface area contributed by atoms with Crippen molar-refractivity contribution in [1.29, 1.82) is 0 Å². The minimum absolute atomic E-state index is 0.480. The fourth-order valence-corrected chi connectivity index (χ4v) is 2.97. The Labute approximate surface area is 127 Å². The second kappa shape index (κ2) is 8.03. The minimum Gasteiger partial charge on any atom is -0.314 e. The lowest BCUT2D eigenvalue weighted by molar-refractivity contribution is 0.183. The second-order valence-electron chi connectivity index (χ2n) is 5.52. The first-order chi connectivity index (χ1) is 9.70. The number of piperazine rings is 1. The van der Waals surface area contributed by atoms with Crippen molar-refractivity contribution in [3.8, 4) is 0 Å². The molecule has 0 aliphatic carbocycles. The van der Waals surface area contributed by atoms with Gasteiger partial charge in [-0.3, -0.25) is 9.80 Å². The Morgan fingerprint density at radius 3 is 2.50 bits per heavy atom. The van der Waals surface area contributed by atoms with Crippen molar-refractivity contribution in [3.63, 3.8) is 0 Å². The summed E-state index contributed by atoms with van der Waals surface area (Å²) in [6.45, 7) is 9.24. The molecule has 0 bridgehead atoms. The summed E-state index contributed by atoms with van der Waals surface area (Å²) in [6, 6.07) is 9.45. The number of nitrogens with zero attached hydrogens (tertiary/aromatic N) is 2.